The number of hydrogen-bond acceptors (Lipinski definition) is 6. The maximum atomic E-state index is 12.2. The summed E-state index contributed by atoms with van der Waals surface area (Å²) in [6.07, 6.45) is 6.53. The first-order chi connectivity index (χ1) is 12.1. The van der Waals surface area contributed by atoms with Crippen molar-refractivity contribution in [1.29, 1.82) is 0 Å². The lowest BCUT2D eigenvalue weighted by Crippen LogP contribution is -2.18. The number of aromatic nitrogens is 2. The van der Waals surface area contributed by atoms with Gasteiger partial charge in [-0.05, 0) is 38.3 Å². The first-order valence-electron chi connectivity index (χ1n) is 8.14. The van der Waals surface area contributed by atoms with E-state index in [1.807, 2.05) is 37.3 Å². The number of benzene rings is 1. The van der Waals surface area contributed by atoms with Crippen molar-refractivity contribution < 1.29 is 14.3 Å². The fraction of sp³-hybridized carbons (Fsp3) is 0.333. The number of nitrogens with one attached hydrogen (secondary N) is 1. The van der Waals surface area contributed by atoms with Gasteiger partial charge >= 0.3 is 5.97 Å². The summed E-state index contributed by atoms with van der Waals surface area (Å²) in [6, 6.07) is 7.49. The maximum Gasteiger partial charge on any atom is 0.309 e. The Balaban J connectivity index is 1.52. The van der Waals surface area contributed by atoms with E-state index in [-0.39, 0.29) is 29.4 Å². The number of rotatable bonds is 5. The molecule has 0 saturated carbocycles. The van der Waals surface area contributed by atoms with Gasteiger partial charge < -0.3 is 10.1 Å². The number of esters is 1. The molecule has 0 spiro atoms. The van der Waals surface area contributed by atoms with E-state index in [1.54, 1.807) is 0 Å². The number of aryl methyl sites for hydroxylation is 1. The molecule has 1 atom stereocenters. The van der Waals surface area contributed by atoms with Gasteiger partial charge in [0.15, 0.2) is 5.01 Å². The zero-order valence-electron chi connectivity index (χ0n) is 13.9. The van der Waals surface area contributed by atoms with Crippen molar-refractivity contribution in [3.8, 4) is 0 Å². The normalized spacial score (nSPS) is 16.4. The van der Waals surface area contributed by atoms with Crippen LogP contribution >= 0.6 is 11.3 Å². The highest BCUT2D eigenvalue weighted by molar-refractivity contribution is 7.13. The van der Waals surface area contributed by atoms with Crippen LogP contribution in [-0.4, -0.2) is 22.1 Å². The molecule has 130 valence electrons. The minimum atomic E-state index is -0.323. The number of nitrogens with zero attached hydrogens (tertiary/aromatic N) is 2. The summed E-state index contributed by atoms with van der Waals surface area (Å²) in [4.78, 5) is 24.2. The van der Waals surface area contributed by atoms with Crippen LogP contribution in [0, 0.1) is 12.8 Å². The van der Waals surface area contributed by atoms with Gasteiger partial charge in [0, 0.05) is 5.69 Å². The molecule has 1 aliphatic rings. The van der Waals surface area contributed by atoms with E-state index >= 15 is 0 Å². The molecule has 3 rings (SSSR count). The number of ether oxygens (including phenoxy) is 1. The van der Waals surface area contributed by atoms with Crippen LogP contribution in [0.4, 0.5) is 5.69 Å². The summed E-state index contributed by atoms with van der Waals surface area (Å²) in [7, 11) is 0. The van der Waals surface area contributed by atoms with Crippen LogP contribution in [-0.2, 0) is 16.1 Å². The SMILES string of the molecule is Cc1ccc(NC(=O)c2nnc(COC(=O)[C@H]3CC=CCC3)s2)cc1. The van der Waals surface area contributed by atoms with Crippen molar-refractivity contribution in [2.75, 3.05) is 5.32 Å². The highest BCUT2D eigenvalue weighted by Gasteiger charge is 2.21. The van der Waals surface area contributed by atoms with Gasteiger partial charge in [-0.1, -0.05) is 41.2 Å². The standard InChI is InChI=1S/C18H19N3O3S/c1-12-7-9-14(10-8-12)19-16(22)17-21-20-15(25-17)11-24-18(23)13-5-3-2-4-6-13/h2-3,7-10,13H,4-6,11H2,1H3,(H,19,22)/t13-/m0/s1. The molecular weight excluding hydrogens is 338 g/mol. The fourth-order valence-electron chi connectivity index (χ4n) is 2.48. The molecule has 6 nitrogen and oxygen atoms in total. The Morgan fingerprint density at radius 1 is 1.24 bits per heavy atom. The first-order valence-corrected chi connectivity index (χ1v) is 8.95. The molecule has 0 saturated heterocycles. The van der Waals surface area contributed by atoms with E-state index in [1.165, 1.54) is 0 Å². The van der Waals surface area contributed by atoms with Crippen molar-refractivity contribution in [3.05, 3.63) is 52.0 Å². The second kappa shape index (κ2) is 8.02. The summed E-state index contributed by atoms with van der Waals surface area (Å²) in [5.41, 5.74) is 1.82. The van der Waals surface area contributed by atoms with Crippen LogP contribution in [0.2, 0.25) is 0 Å². The largest absolute Gasteiger partial charge is 0.458 e. The fourth-order valence-corrected chi connectivity index (χ4v) is 3.13. The van der Waals surface area contributed by atoms with E-state index in [0.29, 0.717) is 10.7 Å². The Morgan fingerprint density at radius 2 is 2.04 bits per heavy atom. The Kier molecular flexibility index (Phi) is 5.55. The van der Waals surface area contributed by atoms with Gasteiger partial charge in [0.25, 0.3) is 5.91 Å². The second-order valence-electron chi connectivity index (χ2n) is 5.91. The average molecular weight is 357 g/mol. The lowest BCUT2D eigenvalue weighted by atomic mass is 9.95. The lowest BCUT2D eigenvalue weighted by molar-refractivity contribution is -0.150. The molecule has 1 aliphatic carbocycles. The van der Waals surface area contributed by atoms with Crippen molar-refractivity contribution in [1.82, 2.24) is 10.2 Å². The molecule has 0 bridgehead atoms. The average Bonchev–Trinajstić information content (AvgIpc) is 3.11. The molecule has 1 amide bonds. The highest BCUT2D eigenvalue weighted by Crippen LogP contribution is 2.21. The molecule has 1 aromatic heterocycles. The molecular formula is C18H19N3O3S. The van der Waals surface area contributed by atoms with Gasteiger partial charge in [-0.3, -0.25) is 9.59 Å². The summed E-state index contributed by atoms with van der Waals surface area (Å²) in [5, 5.41) is 11.3. The molecule has 7 heteroatoms. The smallest absolute Gasteiger partial charge is 0.309 e. The van der Waals surface area contributed by atoms with Crippen LogP contribution in [0.15, 0.2) is 36.4 Å². The maximum absolute atomic E-state index is 12.2. The van der Waals surface area contributed by atoms with Crippen molar-refractivity contribution in [2.45, 2.75) is 32.8 Å². The Labute approximate surface area is 149 Å². The van der Waals surface area contributed by atoms with E-state index in [4.69, 9.17) is 4.74 Å². The Bertz CT molecular complexity index is 783. The van der Waals surface area contributed by atoms with Crippen molar-refractivity contribution in [2.24, 2.45) is 5.92 Å². The van der Waals surface area contributed by atoms with Gasteiger partial charge in [0.2, 0.25) is 5.01 Å². The highest BCUT2D eigenvalue weighted by atomic mass is 32.1. The summed E-state index contributed by atoms with van der Waals surface area (Å²) in [6.45, 7) is 2.03. The van der Waals surface area contributed by atoms with E-state index in [0.717, 1.165) is 36.2 Å². The van der Waals surface area contributed by atoms with Crippen LogP contribution in [0.5, 0.6) is 0 Å². The molecule has 0 fully saturated rings. The minimum absolute atomic E-state index is 0.0501. The predicted octanol–water partition coefficient (Wildman–Crippen LogP) is 3.50. The van der Waals surface area contributed by atoms with Crippen LogP contribution in [0.3, 0.4) is 0 Å². The number of carbonyl (C=O) groups is 2. The van der Waals surface area contributed by atoms with Crippen LogP contribution in [0.1, 0.15) is 39.6 Å². The number of allylic oxidation sites excluding steroid dienone is 2. The molecule has 0 unspecified atom stereocenters. The molecule has 0 aliphatic heterocycles. The summed E-state index contributed by atoms with van der Waals surface area (Å²) in [5.74, 6) is -0.621. The van der Waals surface area contributed by atoms with Crippen LogP contribution in [0.25, 0.3) is 0 Å². The van der Waals surface area contributed by atoms with Crippen molar-refractivity contribution >= 4 is 28.9 Å². The zero-order valence-corrected chi connectivity index (χ0v) is 14.7. The van der Waals surface area contributed by atoms with Gasteiger partial charge in [0.05, 0.1) is 5.92 Å². The first kappa shape index (κ1) is 17.3. The third kappa shape index (κ3) is 4.73. The van der Waals surface area contributed by atoms with E-state index in [9.17, 15) is 9.59 Å². The molecule has 0 radical (unpaired) electrons. The minimum Gasteiger partial charge on any atom is -0.458 e. The Hall–Kier alpha value is -2.54. The van der Waals surface area contributed by atoms with Gasteiger partial charge in [0.1, 0.15) is 6.61 Å². The van der Waals surface area contributed by atoms with Gasteiger partial charge in [-0.25, -0.2) is 0 Å². The predicted molar refractivity (Wildman–Crippen MR) is 95.3 cm³/mol. The third-order valence-corrected chi connectivity index (χ3v) is 4.81. The van der Waals surface area contributed by atoms with Gasteiger partial charge in [-0.2, -0.15) is 0 Å². The monoisotopic (exact) mass is 357 g/mol. The molecule has 1 aromatic carbocycles. The molecule has 2 aromatic rings. The molecule has 1 N–H and O–H groups in total. The lowest BCUT2D eigenvalue weighted by Gasteiger charge is -2.15. The number of hydrogen-bond donors (Lipinski definition) is 1. The number of amides is 1. The summed E-state index contributed by atoms with van der Waals surface area (Å²) >= 11 is 1.13. The number of carbonyl (C=O) groups excluding carboxylic acids is 2. The number of anilines is 1. The van der Waals surface area contributed by atoms with E-state index in [2.05, 4.69) is 21.6 Å². The van der Waals surface area contributed by atoms with Gasteiger partial charge in [-0.15, -0.1) is 10.2 Å². The zero-order chi connectivity index (χ0) is 17.6. The third-order valence-electron chi connectivity index (χ3n) is 3.91. The topological polar surface area (TPSA) is 81.2 Å². The summed E-state index contributed by atoms with van der Waals surface area (Å²) < 4.78 is 5.30. The van der Waals surface area contributed by atoms with Crippen LogP contribution < -0.4 is 5.32 Å². The Morgan fingerprint density at radius 3 is 2.76 bits per heavy atom. The van der Waals surface area contributed by atoms with Crippen molar-refractivity contribution in [3.63, 3.8) is 0 Å². The second-order valence-corrected chi connectivity index (χ2v) is 6.97. The van der Waals surface area contributed by atoms with E-state index < -0.39 is 0 Å². The quantitative estimate of drug-likeness (QED) is 0.654. The molecule has 1 heterocycles. The molecule has 25 heavy (non-hydrogen) atoms.